The summed E-state index contributed by atoms with van der Waals surface area (Å²) in [7, 11) is 0. The van der Waals surface area contributed by atoms with Crippen LogP contribution in [0.15, 0.2) is 22.7 Å². The maximum absolute atomic E-state index is 12.2. The lowest BCUT2D eigenvalue weighted by molar-refractivity contribution is -0.00540. The van der Waals surface area contributed by atoms with Crippen LogP contribution in [0.2, 0.25) is 0 Å². The number of aliphatic hydroxyl groups is 1. The molecule has 0 unspecified atom stereocenters. The molecule has 1 amide bonds. The van der Waals surface area contributed by atoms with E-state index in [0.717, 1.165) is 25.7 Å². The molecule has 0 spiro atoms. The highest BCUT2D eigenvalue weighted by Gasteiger charge is 2.32. The quantitative estimate of drug-likeness (QED) is 0.740. The lowest BCUT2D eigenvalue weighted by atomic mass is 9.79. The summed E-state index contributed by atoms with van der Waals surface area (Å²) in [5.41, 5.74) is 6.02. The molecule has 2 rings (SSSR count). The van der Waals surface area contributed by atoms with Gasteiger partial charge in [0.15, 0.2) is 0 Å². The number of benzene rings is 1. The summed E-state index contributed by atoms with van der Waals surface area (Å²) < 4.78 is 0.599. The van der Waals surface area contributed by atoms with E-state index in [1.54, 1.807) is 18.2 Å². The number of amides is 1. The highest BCUT2D eigenvalue weighted by atomic mass is 79.9. The number of hydrogen-bond donors (Lipinski definition) is 3. The monoisotopic (exact) mass is 340 g/mol. The SMILES string of the molecule is CC1CCC(O)(CNC(=O)c2cccc(N)c2Br)CC1. The first kappa shape index (κ1) is 15.3. The number of rotatable bonds is 3. The van der Waals surface area contributed by atoms with Gasteiger partial charge in [0.1, 0.15) is 0 Å². The van der Waals surface area contributed by atoms with Gasteiger partial charge in [0.05, 0.1) is 15.6 Å². The third kappa shape index (κ3) is 3.52. The second-order valence-electron chi connectivity index (χ2n) is 5.80. The molecular formula is C15H21BrN2O2. The minimum absolute atomic E-state index is 0.212. The molecule has 1 aliphatic carbocycles. The van der Waals surface area contributed by atoms with Crippen LogP contribution in [0.3, 0.4) is 0 Å². The maximum atomic E-state index is 12.2. The van der Waals surface area contributed by atoms with E-state index in [-0.39, 0.29) is 5.91 Å². The largest absolute Gasteiger partial charge is 0.398 e. The molecule has 110 valence electrons. The van der Waals surface area contributed by atoms with Gasteiger partial charge in [0.2, 0.25) is 0 Å². The molecule has 5 heteroatoms. The number of nitrogens with two attached hydrogens (primary N) is 1. The van der Waals surface area contributed by atoms with Crippen LogP contribution >= 0.6 is 15.9 Å². The predicted octanol–water partition coefficient (Wildman–Crippen LogP) is 2.70. The van der Waals surface area contributed by atoms with Crippen molar-refractivity contribution in [3.63, 3.8) is 0 Å². The smallest absolute Gasteiger partial charge is 0.252 e. The van der Waals surface area contributed by atoms with Gasteiger partial charge < -0.3 is 16.2 Å². The zero-order valence-electron chi connectivity index (χ0n) is 11.7. The van der Waals surface area contributed by atoms with Crippen LogP contribution in [0.4, 0.5) is 5.69 Å². The fourth-order valence-electron chi connectivity index (χ4n) is 2.54. The minimum atomic E-state index is -0.769. The molecular weight excluding hydrogens is 320 g/mol. The summed E-state index contributed by atoms with van der Waals surface area (Å²) >= 11 is 3.32. The van der Waals surface area contributed by atoms with Crippen molar-refractivity contribution < 1.29 is 9.90 Å². The number of halogens is 1. The summed E-state index contributed by atoms with van der Waals surface area (Å²) in [5.74, 6) is 0.449. The third-order valence-corrected chi connectivity index (χ3v) is 4.94. The van der Waals surface area contributed by atoms with Crippen molar-refractivity contribution in [2.75, 3.05) is 12.3 Å². The average Bonchev–Trinajstić information content (AvgIpc) is 2.43. The topological polar surface area (TPSA) is 75.3 Å². The Morgan fingerprint density at radius 1 is 1.50 bits per heavy atom. The van der Waals surface area contributed by atoms with Crippen LogP contribution in [0, 0.1) is 5.92 Å². The molecule has 1 aromatic carbocycles. The second kappa shape index (κ2) is 6.14. The van der Waals surface area contributed by atoms with E-state index < -0.39 is 5.60 Å². The zero-order valence-corrected chi connectivity index (χ0v) is 13.2. The first-order valence-electron chi connectivity index (χ1n) is 6.96. The van der Waals surface area contributed by atoms with Gasteiger partial charge in [-0.05, 0) is 59.7 Å². The third-order valence-electron chi connectivity index (χ3n) is 4.06. The van der Waals surface area contributed by atoms with Crippen LogP contribution in [0.1, 0.15) is 43.0 Å². The molecule has 4 nitrogen and oxygen atoms in total. The van der Waals surface area contributed by atoms with Crippen molar-refractivity contribution in [1.29, 1.82) is 0 Å². The maximum Gasteiger partial charge on any atom is 0.252 e. The minimum Gasteiger partial charge on any atom is -0.398 e. The van der Waals surface area contributed by atoms with Gasteiger partial charge in [0.25, 0.3) is 5.91 Å². The molecule has 0 radical (unpaired) electrons. The van der Waals surface area contributed by atoms with E-state index in [1.165, 1.54) is 0 Å². The molecule has 4 N–H and O–H groups in total. The summed E-state index contributed by atoms with van der Waals surface area (Å²) in [5, 5.41) is 13.3. The van der Waals surface area contributed by atoms with Gasteiger partial charge >= 0.3 is 0 Å². The summed E-state index contributed by atoms with van der Waals surface area (Å²) in [6, 6.07) is 5.19. The molecule has 0 aromatic heterocycles. The average molecular weight is 341 g/mol. The van der Waals surface area contributed by atoms with E-state index in [2.05, 4.69) is 28.2 Å². The first-order valence-corrected chi connectivity index (χ1v) is 7.75. The Hall–Kier alpha value is -1.07. The molecule has 0 saturated heterocycles. The van der Waals surface area contributed by atoms with E-state index in [0.29, 0.717) is 28.2 Å². The number of anilines is 1. The molecule has 0 bridgehead atoms. The molecule has 1 fully saturated rings. The number of nitrogens with one attached hydrogen (secondary N) is 1. The Labute approximate surface area is 127 Å². The fourth-order valence-corrected chi connectivity index (χ4v) is 2.99. The Balaban J connectivity index is 1.97. The van der Waals surface area contributed by atoms with E-state index in [9.17, 15) is 9.90 Å². The summed E-state index contributed by atoms with van der Waals surface area (Å²) in [4.78, 5) is 12.2. The Bertz CT molecular complexity index is 497. The second-order valence-corrected chi connectivity index (χ2v) is 6.59. The van der Waals surface area contributed by atoms with Crippen LogP contribution in [0.25, 0.3) is 0 Å². The van der Waals surface area contributed by atoms with Gasteiger partial charge in [-0.2, -0.15) is 0 Å². The lowest BCUT2D eigenvalue weighted by Crippen LogP contribution is -2.45. The van der Waals surface area contributed by atoms with E-state index >= 15 is 0 Å². The Kier molecular flexibility index (Phi) is 4.70. The number of hydrogen-bond acceptors (Lipinski definition) is 3. The van der Waals surface area contributed by atoms with Crippen molar-refractivity contribution in [1.82, 2.24) is 5.32 Å². The highest BCUT2D eigenvalue weighted by molar-refractivity contribution is 9.10. The predicted molar refractivity (Wildman–Crippen MR) is 83.5 cm³/mol. The number of carbonyl (C=O) groups excluding carboxylic acids is 1. The Morgan fingerprint density at radius 3 is 2.80 bits per heavy atom. The molecule has 1 saturated carbocycles. The standard InChI is InChI=1S/C15H21BrN2O2/c1-10-5-7-15(20,8-6-10)9-18-14(19)11-3-2-4-12(17)13(11)16/h2-4,10,20H,5-9,17H2,1H3,(H,18,19). The fraction of sp³-hybridized carbons (Fsp3) is 0.533. The Morgan fingerprint density at radius 2 is 2.15 bits per heavy atom. The molecule has 0 atom stereocenters. The number of carbonyl (C=O) groups is 1. The van der Waals surface area contributed by atoms with Crippen LogP contribution in [-0.2, 0) is 0 Å². The van der Waals surface area contributed by atoms with E-state index in [1.807, 2.05) is 0 Å². The molecule has 20 heavy (non-hydrogen) atoms. The number of nitrogen functional groups attached to an aromatic ring is 1. The normalized spacial score (nSPS) is 26.2. The van der Waals surface area contributed by atoms with E-state index in [4.69, 9.17) is 5.73 Å². The van der Waals surface area contributed by atoms with Crippen molar-refractivity contribution in [2.45, 2.75) is 38.2 Å². The van der Waals surface area contributed by atoms with Crippen molar-refractivity contribution in [2.24, 2.45) is 5.92 Å². The lowest BCUT2D eigenvalue weighted by Gasteiger charge is -2.35. The van der Waals surface area contributed by atoms with Gasteiger partial charge in [-0.25, -0.2) is 0 Å². The van der Waals surface area contributed by atoms with Gasteiger partial charge in [-0.15, -0.1) is 0 Å². The molecule has 0 aliphatic heterocycles. The zero-order chi connectivity index (χ0) is 14.8. The summed E-state index contributed by atoms with van der Waals surface area (Å²) in [6.45, 7) is 2.49. The first-order chi connectivity index (χ1) is 9.41. The van der Waals surface area contributed by atoms with Gasteiger partial charge in [-0.3, -0.25) is 4.79 Å². The highest BCUT2D eigenvalue weighted by Crippen LogP contribution is 2.31. The molecule has 1 aromatic rings. The molecule has 0 heterocycles. The molecule has 1 aliphatic rings. The van der Waals surface area contributed by atoms with Crippen molar-refractivity contribution >= 4 is 27.5 Å². The van der Waals surface area contributed by atoms with Crippen molar-refractivity contribution in [3.8, 4) is 0 Å². The summed E-state index contributed by atoms with van der Waals surface area (Å²) in [6.07, 6.45) is 3.50. The van der Waals surface area contributed by atoms with Crippen LogP contribution in [-0.4, -0.2) is 23.2 Å². The van der Waals surface area contributed by atoms with Crippen LogP contribution in [0.5, 0.6) is 0 Å². The van der Waals surface area contributed by atoms with Gasteiger partial charge in [0, 0.05) is 12.2 Å². The van der Waals surface area contributed by atoms with Gasteiger partial charge in [-0.1, -0.05) is 13.0 Å². The van der Waals surface area contributed by atoms with Crippen molar-refractivity contribution in [3.05, 3.63) is 28.2 Å². The van der Waals surface area contributed by atoms with Crippen LogP contribution < -0.4 is 11.1 Å².